The summed E-state index contributed by atoms with van der Waals surface area (Å²) in [6.45, 7) is 3.13. The van der Waals surface area contributed by atoms with Crippen molar-refractivity contribution in [1.82, 2.24) is 14.4 Å². The summed E-state index contributed by atoms with van der Waals surface area (Å²) >= 11 is 0. The first-order valence-corrected chi connectivity index (χ1v) is 9.46. The van der Waals surface area contributed by atoms with Gasteiger partial charge in [0.25, 0.3) is 0 Å². The quantitative estimate of drug-likeness (QED) is 0.501. The Hall–Kier alpha value is -3.08. The molecule has 0 spiro atoms. The van der Waals surface area contributed by atoms with Crippen LogP contribution in [0.3, 0.4) is 0 Å². The molecule has 0 aliphatic carbocycles. The summed E-state index contributed by atoms with van der Waals surface area (Å²) in [7, 11) is 4.16. The van der Waals surface area contributed by atoms with Crippen molar-refractivity contribution in [3.8, 4) is 11.3 Å². The van der Waals surface area contributed by atoms with Crippen LogP contribution in [0.5, 0.6) is 0 Å². The largest absolute Gasteiger partial charge is 0.377 e. The molecule has 4 rings (SSSR count). The fourth-order valence-electron chi connectivity index (χ4n) is 3.53. The van der Waals surface area contributed by atoms with Crippen LogP contribution in [0, 0.1) is 0 Å². The molecule has 5 heteroatoms. The molecule has 0 amide bonds. The molecule has 0 fully saturated rings. The van der Waals surface area contributed by atoms with Gasteiger partial charge in [0.05, 0.1) is 6.20 Å². The molecule has 0 radical (unpaired) electrons. The number of nitrogens with one attached hydrogen (secondary N) is 1. The number of benzene rings is 2. The van der Waals surface area contributed by atoms with E-state index >= 15 is 0 Å². The van der Waals surface area contributed by atoms with Gasteiger partial charge in [-0.1, -0.05) is 37.6 Å². The minimum Gasteiger partial charge on any atom is -0.377 e. The number of anilines is 2. The molecule has 5 nitrogen and oxygen atoms in total. The van der Waals surface area contributed by atoms with Crippen LogP contribution in [-0.4, -0.2) is 35.0 Å². The third-order valence-corrected chi connectivity index (χ3v) is 4.89. The van der Waals surface area contributed by atoms with Crippen molar-refractivity contribution in [3.05, 3.63) is 55.0 Å². The van der Waals surface area contributed by atoms with Gasteiger partial charge in [0.15, 0.2) is 5.65 Å². The maximum atomic E-state index is 4.91. The van der Waals surface area contributed by atoms with E-state index in [1.165, 1.54) is 16.5 Å². The standard InChI is InChI=1S/C22H25N5/c1-4-5-12-24-22-21(25-20-15-23-13-14-27(20)22)18-10-11-19(26(2)3)17-9-7-6-8-16(17)18/h6-11,13-15,24H,4-5,12H2,1-3H3. The molecule has 0 bridgehead atoms. The highest BCUT2D eigenvalue weighted by molar-refractivity contribution is 6.04. The minimum atomic E-state index is 0.854. The van der Waals surface area contributed by atoms with Gasteiger partial charge in [0.1, 0.15) is 11.5 Å². The Kier molecular flexibility index (Phi) is 4.67. The summed E-state index contributed by atoms with van der Waals surface area (Å²) in [5.41, 5.74) is 4.17. The molecule has 2 heterocycles. The highest BCUT2D eigenvalue weighted by atomic mass is 15.1. The molecule has 2 aromatic carbocycles. The first-order chi connectivity index (χ1) is 13.2. The number of imidazole rings is 1. The van der Waals surface area contributed by atoms with Crippen LogP contribution < -0.4 is 10.2 Å². The third-order valence-electron chi connectivity index (χ3n) is 4.89. The average molecular weight is 359 g/mol. The van der Waals surface area contributed by atoms with Crippen LogP contribution in [0.25, 0.3) is 27.7 Å². The molecular weight excluding hydrogens is 334 g/mol. The van der Waals surface area contributed by atoms with Gasteiger partial charge in [-0.05, 0) is 23.9 Å². The van der Waals surface area contributed by atoms with E-state index < -0.39 is 0 Å². The lowest BCUT2D eigenvalue weighted by atomic mass is 10.00. The zero-order valence-corrected chi connectivity index (χ0v) is 16.1. The fraction of sp³-hybridized carbons (Fsp3) is 0.273. The topological polar surface area (TPSA) is 45.5 Å². The van der Waals surface area contributed by atoms with Gasteiger partial charge < -0.3 is 10.2 Å². The zero-order chi connectivity index (χ0) is 18.8. The van der Waals surface area contributed by atoms with E-state index in [1.54, 1.807) is 6.20 Å². The van der Waals surface area contributed by atoms with E-state index in [4.69, 9.17) is 4.98 Å². The summed E-state index contributed by atoms with van der Waals surface area (Å²) in [4.78, 5) is 11.3. The molecule has 0 saturated heterocycles. The number of aromatic nitrogens is 3. The van der Waals surface area contributed by atoms with E-state index in [0.29, 0.717) is 0 Å². The lowest BCUT2D eigenvalue weighted by Crippen LogP contribution is -2.09. The maximum Gasteiger partial charge on any atom is 0.157 e. The summed E-state index contributed by atoms with van der Waals surface area (Å²) in [5, 5.41) is 6.04. The molecule has 0 unspecified atom stereocenters. The Labute approximate surface area is 159 Å². The molecule has 1 N–H and O–H groups in total. The normalized spacial score (nSPS) is 11.2. The first kappa shape index (κ1) is 17.3. The van der Waals surface area contributed by atoms with E-state index in [-0.39, 0.29) is 0 Å². The SMILES string of the molecule is CCCCNc1c(-c2ccc(N(C)C)c3ccccc23)nc2cnccn12. The Balaban J connectivity index is 1.94. The number of hydrogen-bond donors (Lipinski definition) is 1. The Morgan fingerprint density at radius 2 is 1.89 bits per heavy atom. The number of nitrogens with zero attached hydrogens (tertiary/aromatic N) is 4. The second-order valence-electron chi connectivity index (χ2n) is 6.97. The van der Waals surface area contributed by atoms with Gasteiger partial charge in [-0.25, -0.2) is 4.98 Å². The fourth-order valence-corrected chi connectivity index (χ4v) is 3.53. The van der Waals surface area contributed by atoms with Gasteiger partial charge >= 0.3 is 0 Å². The highest BCUT2D eigenvalue weighted by Crippen LogP contribution is 2.37. The Bertz CT molecular complexity index is 1080. The number of fused-ring (bicyclic) bond motifs is 2. The highest BCUT2D eigenvalue weighted by Gasteiger charge is 2.17. The number of hydrogen-bond acceptors (Lipinski definition) is 4. The van der Waals surface area contributed by atoms with Crippen molar-refractivity contribution in [1.29, 1.82) is 0 Å². The van der Waals surface area contributed by atoms with Crippen LogP contribution in [-0.2, 0) is 0 Å². The number of rotatable bonds is 6. The van der Waals surface area contributed by atoms with Gasteiger partial charge in [0, 0.05) is 49.7 Å². The van der Waals surface area contributed by atoms with Gasteiger partial charge in [-0.15, -0.1) is 0 Å². The van der Waals surface area contributed by atoms with Gasteiger partial charge in [-0.3, -0.25) is 9.38 Å². The first-order valence-electron chi connectivity index (χ1n) is 9.46. The molecule has 2 aromatic heterocycles. The van der Waals surface area contributed by atoms with Crippen LogP contribution in [0.2, 0.25) is 0 Å². The minimum absolute atomic E-state index is 0.854. The van der Waals surface area contributed by atoms with Crippen molar-refractivity contribution >= 4 is 27.9 Å². The van der Waals surface area contributed by atoms with Crippen LogP contribution in [0.1, 0.15) is 19.8 Å². The molecule has 0 aliphatic rings. The van der Waals surface area contributed by atoms with Crippen LogP contribution in [0.4, 0.5) is 11.5 Å². The van der Waals surface area contributed by atoms with Crippen LogP contribution >= 0.6 is 0 Å². The van der Waals surface area contributed by atoms with E-state index in [9.17, 15) is 0 Å². The molecule has 0 saturated carbocycles. The number of unbranched alkanes of at least 4 members (excludes halogenated alkanes) is 1. The summed E-state index contributed by atoms with van der Waals surface area (Å²) in [6.07, 6.45) is 7.86. The molecule has 27 heavy (non-hydrogen) atoms. The molecular formula is C22H25N5. The third kappa shape index (κ3) is 3.10. The van der Waals surface area contributed by atoms with Gasteiger partial charge in [0.2, 0.25) is 0 Å². The van der Waals surface area contributed by atoms with Crippen molar-refractivity contribution in [2.24, 2.45) is 0 Å². The van der Waals surface area contributed by atoms with Crippen molar-refractivity contribution in [2.75, 3.05) is 30.9 Å². The summed E-state index contributed by atoms with van der Waals surface area (Å²) < 4.78 is 2.09. The lowest BCUT2D eigenvalue weighted by Gasteiger charge is -2.17. The van der Waals surface area contributed by atoms with Crippen molar-refractivity contribution in [3.63, 3.8) is 0 Å². The monoisotopic (exact) mass is 359 g/mol. The molecule has 0 atom stereocenters. The van der Waals surface area contributed by atoms with E-state index in [0.717, 1.165) is 42.1 Å². The zero-order valence-electron chi connectivity index (χ0n) is 16.1. The molecule has 4 aromatic rings. The van der Waals surface area contributed by atoms with Crippen molar-refractivity contribution < 1.29 is 0 Å². The summed E-state index contributed by atoms with van der Waals surface area (Å²) in [5.74, 6) is 1.03. The second-order valence-corrected chi connectivity index (χ2v) is 6.97. The molecule has 138 valence electrons. The predicted octanol–water partition coefficient (Wildman–Crippen LogP) is 4.83. The van der Waals surface area contributed by atoms with Gasteiger partial charge in [-0.2, -0.15) is 0 Å². The van der Waals surface area contributed by atoms with Crippen molar-refractivity contribution in [2.45, 2.75) is 19.8 Å². The van der Waals surface area contributed by atoms with E-state index in [1.807, 2.05) is 12.4 Å². The average Bonchev–Trinajstić information content (AvgIpc) is 3.05. The lowest BCUT2D eigenvalue weighted by molar-refractivity contribution is 0.830. The van der Waals surface area contributed by atoms with Crippen LogP contribution in [0.15, 0.2) is 55.0 Å². The summed E-state index contributed by atoms with van der Waals surface area (Å²) in [6, 6.07) is 12.9. The Morgan fingerprint density at radius 1 is 1.07 bits per heavy atom. The van der Waals surface area contributed by atoms with E-state index in [2.05, 4.69) is 77.0 Å². The second kappa shape index (κ2) is 7.27. The predicted molar refractivity (Wildman–Crippen MR) is 114 cm³/mol. The molecule has 0 aliphatic heterocycles. The maximum absolute atomic E-state index is 4.91. The smallest absolute Gasteiger partial charge is 0.157 e. The Morgan fingerprint density at radius 3 is 2.67 bits per heavy atom.